The van der Waals surface area contributed by atoms with Gasteiger partial charge in [-0.2, -0.15) is 0 Å². The van der Waals surface area contributed by atoms with E-state index >= 15 is 0 Å². The molecule has 0 spiro atoms. The van der Waals surface area contributed by atoms with Crippen molar-refractivity contribution < 1.29 is 22.7 Å². The molecule has 28 heavy (non-hydrogen) atoms. The van der Waals surface area contributed by atoms with Crippen LogP contribution in [0.1, 0.15) is 35.3 Å². The molecule has 1 amide bonds. The van der Waals surface area contributed by atoms with Crippen molar-refractivity contribution in [1.29, 1.82) is 0 Å². The molecule has 0 bridgehead atoms. The first kappa shape index (κ1) is 20.0. The smallest absolute Gasteiger partial charge is 0.251 e. The van der Waals surface area contributed by atoms with E-state index in [1.165, 1.54) is 4.31 Å². The van der Waals surface area contributed by atoms with E-state index in [2.05, 4.69) is 5.32 Å². The molecule has 0 aromatic heterocycles. The lowest BCUT2D eigenvalue weighted by Crippen LogP contribution is -2.28. The summed E-state index contributed by atoms with van der Waals surface area (Å²) >= 11 is 0. The number of nitrogens with zero attached hydrogens (tertiary/aromatic N) is 1. The first-order chi connectivity index (χ1) is 13.4. The third-order valence-electron chi connectivity index (χ3n) is 4.75. The molecule has 150 valence electrons. The Labute approximate surface area is 165 Å². The molecule has 7 nitrogen and oxygen atoms in total. The van der Waals surface area contributed by atoms with Gasteiger partial charge < -0.3 is 14.8 Å². The molecule has 1 saturated heterocycles. The summed E-state index contributed by atoms with van der Waals surface area (Å²) < 4.78 is 36.3. The monoisotopic (exact) mass is 404 g/mol. The van der Waals surface area contributed by atoms with Gasteiger partial charge in [0.2, 0.25) is 10.0 Å². The minimum atomic E-state index is -3.29. The maximum atomic E-state index is 12.8. The lowest BCUT2D eigenvalue weighted by atomic mass is 10.1. The highest BCUT2D eigenvalue weighted by atomic mass is 32.2. The van der Waals surface area contributed by atoms with E-state index in [1.54, 1.807) is 50.6 Å². The van der Waals surface area contributed by atoms with Crippen LogP contribution in [0.4, 0.5) is 5.69 Å². The lowest BCUT2D eigenvalue weighted by Gasteiger charge is -2.20. The number of hydrogen-bond acceptors (Lipinski definition) is 5. The summed E-state index contributed by atoms with van der Waals surface area (Å²) in [6.07, 6.45) is 0.589. The summed E-state index contributed by atoms with van der Waals surface area (Å²) in [6, 6.07) is 11.7. The van der Waals surface area contributed by atoms with E-state index in [9.17, 15) is 13.2 Å². The number of carbonyl (C=O) groups excluding carboxylic acids is 1. The fraction of sp³-hybridized carbons (Fsp3) is 0.350. The molecule has 0 aliphatic carbocycles. The van der Waals surface area contributed by atoms with E-state index in [4.69, 9.17) is 9.47 Å². The summed E-state index contributed by atoms with van der Waals surface area (Å²) in [5.74, 6) is 1.15. The number of benzene rings is 2. The van der Waals surface area contributed by atoms with Crippen LogP contribution in [0.5, 0.6) is 11.5 Å². The van der Waals surface area contributed by atoms with Crippen LogP contribution in [-0.4, -0.2) is 40.8 Å². The SMILES string of the molecule is COc1ccc(OC)c([C@H](C)NC(=O)c2cccc(N3CCCS3(=O)=O)c2)c1. The normalized spacial score (nSPS) is 16.5. The second-order valence-electron chi connectivity index (χ2n) is 6.60. The zero-order valence-corrected chi connectivity index (χ0v) is 17.0. The Morgan fingerprint density at radius 3 is 2.57 bits per heavy atom. The average Bonchev–Trinajstić information content (AvgIpc) is 3.06. The predicted molar refractivity (Wildman–Crippen MR) is 108 cm³/mol. The van der Waals surface area contributed by atoms with Crippen molar-refractivity contribution in [2.75, 3.05) is 30.8 Å². The summed E-state index contributed by atoms with van der Waals surface area (Å²) in [5, 5.41) is 2.93. The maximum Gasteiger partial charge on any atom is 0.251 e. The number of anilines is 1. The van der Waals surface area contributed by atoms with Crippen molar-refractivity contribution >= 4 is 21.6 Å². The van der Waals surface area contributed by atoms with Gasteiger partial charge in [0, 0.05) is 17.7 Å². The van der Waals surface area contributed by atoms with Gasteiger partial charge in [0.25, 0.3) is 5.91 Å². The number of sulfonamides is 1. The van der Waals surface area contributed by atoms with E-state index in [1.807, 2.05) is 13.0 Å². The van der Waals surface area contributed by atoms with Crippen molar-refractivity contribution in [2.45, 2.75) is 19.4 Å². The van der Waals surface area contributed by atoms with Gasteiger partial charge in [-0.05, 0) is 49.7 Å². The third-order valence-corrected chi connectivity index (χ3v) is 6.62. The number of methoxy groups -OCH3 is 2. The van der Waals surface area contributed by atoms with Crippen molar-refractivity contribution in [3.05, 3.63) is 53.6 Å². The largest absolute Gasteiger partial charge is 0.497 e. The van der Waals surface area contributed by atoms with Crippen molar-refractivity contribution in [1.82, 2.24) is 5.32 Å². The molecule has 0 saturated carbocycles. The molecule has 2 aromatic carbocycles. The van der Waals surface area contributed by atoms with Crippen molar-refractivity contribution in [3.8, 4) is 11.5 Å². The van der Waals surface area contributed by atoms with Gasteiger partial charge in [-0.25, -0.2) is 8.42 Å². The summed E-state index contributed by atoms with van der Waals surface area (Å²) in [6.45, 7) is 2.29. The average molecular weight is 404 g/mol. The van der Waals surface area contributed by atoms with E-state index in [-0.39, 0.29) is 17.7 Å². The molecule has 1 fully saturated rings. The van der Waals surface area contributed by atoms with Gasteiger partial charge >= 0.3 is 0 Å². The third kappa shape index (κ3) is 4.06. The Morgan fingerprint density at radius 2 is 1.93 bits per heavy atom. The first-order valence-electron chi connectivity index (χ1n) is 8.99. The quantitative estimate of drug-likeness (QED) is 0.800. The molecule has 8 heteroatoms. The summed E-state index contributed by atoms with van der Waals surface area (Å²) in [7, 11) is -0.149. The highest BCUT2D eigenvalue weighted by Crippen LogP contribution is 2.30. The standard InChI is InChI=1S/C20H24N2O5S/c1-14(18-13-17(26-2)8-9-19(18)27-3)21-20(23)15-6-4-7-16(12-15)22-10-5-11-28(22,24)25/h4,6-9,12-14H,5,10-11H2,1-3H3,(H,21,23)/t14-/m0/s1. The molecule has 1 aliphatic rings. The van der Waals surface area contributed by atoms with Crippen LogP contribution in [0.2, 0.25) is 0 Å². The molecule has 1 heterocycles. The highest BCUT2D eigenvalue weighted by Gasteiger charge is 2.28. The fourth-order valence-electron chi connectivity index (χ4n) is 3.27. The van der Waals surface area contributed by atoms with Gasteiger partial charge in [-0.1, -0.05) is 6.07 Å². The van der Waals surface area contributed by atoms with E-state index in [0.29, 0.717) is 35.7 Å². The second-order valence-corrected chi connectivity index (χ2v) is 8.61. The van der Waals surface area contributed by atoms with Crippen LogP contribution in [0.3, 0.4) is 0 Å². The Balaban J connectivity index is 1.81. The van der Waals surface area contributed by atoms with Gasteiger partial charge in [0.05, 0.1) is 31.7 Å². The zero-order chi connectivity index (χ0) is 20.3. The molecule has 0 radical (unpaired) electrons. The van der Waals surface area contributed by atoms with E-state index < -0.39 is 10.0 Å². The molecule has 2 aromatic rings. The Morgan fingerprint density at radius 1 is 1.14 bits per heavy atom. The number of hydrogen-bond donors (Lipinski definition) is 1. The van der Waals surface area contributed by atoms with Crippen LogP contribution in [0.15, 0.2) is 42.5 Å². The predicted octanol–water partition coefficient (Wildman–Crippen LogP) is 2.73. The molecular weight excluding hydrogens is 380 g/mol. The number of ether oxygens (including phenoxy) is 2. The Hall–Kier alpha value is -2.74. The van der Waals surface area contributed by atoms with Crippen molar-refractivity contribution in [2.24, 2.45) is 0 Å². The van der Waals surface area contributed by atoms with Crippen LogP contribution in [-0.2, 0) is 10.0 Å². The van der Waals surface area contributed by atoms with Crippen LogP contribution in [0, 0.1) is 0 Å². The minimum absolute atomic E-state index is 0.135. The van der Waals surface area contributed by atoms with Gasteiger partial charge in [-0.3, -0.25) is 9.10 Å². The van der Waals surface area contributed by atoms with Gasteiger partial charge in [0.1, 0.15) is 11.5 Å². The molecule has 1 aliphatic heterocycles. The van der Waals surface area contributed by atoms with Crippen LogP contribution >= 0.6 is 0 Å². The lowest BCUT2D eigenvalue weighted by molar-refractivity contribution is 0.0939. The highest BCUT2D eigenvalue weighted by molar-refractivity contribution is 7.93. The number of carbonyl (C=O) groups is 1. The number of nitrogens with one attached hydrogen (secondary N) is 1. The molecule has 1 N–H and O–H groups in total. The first-order valence-corrected chi connectivity index (χ1v) is 10.6. The molecule has 3 rings (SSSR count). The molecule has 1 atom stereocenters. The van der Waals surface area contributed by atoms with Crippen LogP contribution < -0.4 is 19.1 Å². The van der Waals surface area contributed by atoms with Gasteiger partial charge in [0.15, 0.2) is 0 Å². The topological polar surface area (TPSA) is 84.9 Å². The minimum Gasteiger partial charge on any atom is -0.497 e. The number of rotatable bonds is 6. The van der Waals surface area contributed by atoms with E-state index in [0.717, 1.165) is 5.56 Å². The van der Waals surface area contributed by atoms with Gasteiger partial charge in [-0.15, -0.1) is 0 Å². The molecular formula is C20H24N2O5S. The summed E-state index contributed by atoms with van der Waals surface area (Å²) in [5.41, 5.74) is 1.69. The summed E-state index contributed by atoms with van der Waals surface area (Å²) in [4.78, 5) is 12.8. The van der Waals surface area contributed by atoms with Crippen LogP contribution in [0.25, 0.3) is 0 Å². The second kappa shape index (κ2) is 8.10. The fourth-order valence-corrected chi connectivity index (χ4v) is 4.82. The van der Waals surface area contributed by atoms with Crippen molar-refractivity contribution in [3.63, 3.8) is 0 Å². The molecule has 0 unspecified atom stereocenters. The Kier molecular flexibility index (Phi) is 5.79. The Bertz CT molecular complexity index is 974. The maximum absolute atomic E-state index is 12.8. The number of amides is 1. The zero-order valence-electron chi connectivity index (χ0n) is 16.1.